The molecule has 20 heavy (non-hydrogen) atoms. The van der Waals surface area contributed by atoms with Gasteiger partial charge >= 0.3 is 5.69 Å². The Balaban J connectivity index is 2.58. The van der Waals surface area contributed by atoms with Gasteiger partial charge in [0.2, 0.25) is 0 Å². The van der Waals surface area contributed by atoms with Crippen molar-refractivity contribution in [3.63, 3.8) is 0 Å². The maximum Gasteiger partial charge on any atom is 0.328 e. The minimum atomic E-state index is 0.0109. The monoisotopic (exact) mass is 402 g/mol. The Bertz CT molecular complexity index is 687. The normalized spacial score (nSPS) is 14.7. The number of alkyl halides is 1. The minimum Gasteiger partial charge on any atom is -0.295 e. The average molecular weight is 404 g/mol. The van der Waals surface area contributed by atoms with E-state index < -0.39 is 0 Å². The Hall–Kier alpha value is -0.550. The number of halogens is 2. The summed E-state index contributed by atoms with van der Waals surface area (Å²) in [4.78, 5) is 12.3. The van der Waals surface area contributed by atoms with Crippen LogP contribution < -0.4 is 5.69 Å². The van der Waals surface area contributed by atoms with Crippen LogP contribution in [-0.2, 0) is 14.1 Å². The van der Waals surface area contributed by atoms with E-state index in [1.807, 2.05) is 20.2 Å². The smallest absolute Gasteiger partial charge is 0.295 e. The summed E-state index contributed by atoms with van der Waals surface area (Å²) in [5.74, 6) is 0.550. The minimum absolute atomic E-state index is 0.0109. The van der Waals surface area contributed by atoms with Crippen molar-refractivity contribution in [2.24, 2.45) is 20.0 Å². The molecule has 0 saturated heterocycles. The fraction of sp³-hybridized carbons (Fsp3) is 0.533. The molecule has 5 heteroatoms. The summed E-state index contributed by atoms with van der Waals surface area (Å²) in [5.41, 5.74) is 3.15. The van der Waals surface area contributed by atoms with Gasteiger partial charge in [-0.1, -0.05) is 52.1 Å². The lowest BCUT2D eigenvalue weighted by Crippen LogP contribution is -2.19. The van der Waals surface area contributed by atoms with Crippen LogP contribution in [0.15, 0.2) is 21.4 Å². The van der Waals surface area contributed by atoms with Gasteiger partial charge in [-0.25, -0.2) is 4.79 Å². The Morgan fingerprint density at radius 3 is 2.30 bits per heavy atom. The topological polar surface area (TPSA) is 26.9 Å². The van der Waals surface area contributed by atoms with Crippen LogP contribution in [0.4, 0.5) is 0 Å². The van der Waals surface area contributed by atoms with Crippen LogP contribution in [0.2, 0.25) is 0 Å². The molecule has 2 atom stereocenters. The van der Waals surface area contributed by atoms with Crippen LogP contribution in [-0.4, -0.2) is 9.13 Å². The second-order valence-electron chi connectivity index (χ2n) is 5.43. The predicted octanol–water partition coefficient (Wildman–Crippen LogP) is 4.51. The van der Waals surface area contributed by atoms with Crippen LogP contribution in [0.3, 0.4) is 0 Å². The molecule has 0 radical (unpaired) electrons. The van der Waals surface area contributed by atoms with Crippen molar-refractivity contribution in [2.45, 2.75) is 31.5 Å². The molecule has 1 aromatic heterocycles. The summed E-state index contributed by atoms with van der Waals surface area (Å²) in [6.07, 6.45) is 2.35. The highest BCUT2D eigenvalue weighted by molar-refractivity contribution is 9.11. The number of benzene rings is 1. The molecule has 2 rings (SSSR count). The van der Waals surface area contributed by atoms with E-state index >= 15 is 0 Å². The van der Waals surface area contributed by atoms with Crippen molar-refractivity contribution in [2.75, 3.05) is 0 Å². The highest BCUT2D eigenvalue weighted by Crippen LogP contribution is 2.39. The Morgan fingerprint density at radius 2 is 1.75 bits per heavy atom. The van der Waals surface area contributed by atoms with Gasteiger partial charge in [-0.2, -0.15) is 0 Å². The summed E-state index contributed by atoms with van der Waals surface area (Å²) in [6, 6.07) is 4.16. The Morgan fingerprint density at radius 1 is 1.20 bits per heavy atom. The molecule has 0 saturated carbocycles. The lowest BCUT2D eigenvalue weighted by Gasteiger charge is -2.19. The maximum atomic E-state index is 12.0. The van der Waals surface area contributed by atoms with E-state index in [1.165, 1.54) is 18.4 Å². The fourth-order valence-electron chi connectivity index (χ4n) is 2.66. The number of nitrogens with zero attached hydrogens (tertiary/aromatic N) is 2. The fourth-order valence-corrected chi connectivity index (χ4v) is 4.18. The number of aromatic nitrogens is 2. The highest BCUT2D eigenvalue weighted by Gasteiger charge is 2.20. The SMILES string of the molecule is CCCC(C)C(Br)c1cc2c(cc1Br)n(C)c(=O)n2C. The van der Waals surface area contributed by atoms with Crippen molar-refractivity contribution < 1.29 is 0 Å². The van der Waals surface area contributed by atoms with Gasteiger partial charge in [0, 0.05) is 23.4 Å². The first-order chi connectivity index (χ1) is 9.38. The zero-order valence-electron chi connectivity index (χ0n) is 12.3. The van der Waals surface area contributed by atoms with Crippen LogP contribution in [0.25, 0.3) is 11.0 Å². The van der Waals surface area contributed by atoms with Crippen molar-refractivity contribution >= 4 is 42.9 Å². The van der Waals surface area contributed by atoms with E-state index in [0.717, 1.165) is 15.5 Å². The van der Waals surface area contributed by atoms with Gasteiger partial charge in [0.1, 0.15) is 0 Å². The molecule has 110 valence electrons. The third kappa shape index (κ3) is 2.62. The molecule has 2 aromatic rings. The molecule has 0 bridgehead atoms. The van der Waals surface area contributed by atoms with Gasteiger partial charge in [0.25, 0.3) is 0 Å². The van der Waals surface area contributed by atoms with Crippen molar-refractivity contribution in [3.8, 4) is 0 Å². The maximum absolute atomic E-state index is 12.0. The molecule has 2 unspecified atom stereocenters. The second-order valence-corrected chi connectivity index (χ2v) is 7.27. The zero-order valence-corrected chi connectivity index (χ0v) is 15.5. The van der Waals surface area contributed by atoms with E-state index in [0.29, 0.717) is 5.92 Å². The van der Waals surface area contributed by atoms with E-state index in [2.05, 4.69) is 51.8 Å². The van der Waals surface area contributed by atoms with E-state index in [4.69, 9.17) is 0 Å². The summed E-state index contributed by atoms with van der Waals surface area (Å²) >= 11 is 7.47. The summed E-state index contributed by atoms with van der Waals surface area (Å²) < 4.78 is 4.44. The molecule has 0 amide bonds. The number of aryl methyl sites for hydroxylation is 2. The second kappa shape index (κ2) is 6.06. The lowest BCUT2D eigenvalue weighted by atomic mass is 9.96. The number of rotatable bonds is 4. The molecule has 0 spiro atoms. The van der Waals surface area contributed by atoms with Crippen molar-refractivity contribution in [1.82, 2.24) is 9.13 Å². The van der Waals surface area contributed by atoms with Gasteiger partial charge in [-0.3, -0.25) is 9.13 Å². The van der Waals surface area contributed by atoms with Crippen LogP contribution in [0.5, 0.6) is 0 Å². The molecule has 0 aliphatic carbocycles. The van der Waals surface area contributed by atoms with Crippen LogP contribution >= 0.6 is 31.9 Å². The quantitative estimate of drug-likeness (QED) is 0.689. The zero-order chi connectivity index (χ0) is 15.0. The Labute approximate surface area is 136 Å². The van der Waals surface area contributed by atoms with Crippen LogP contribution in [0.1, 0.15) is 37.1 Å². The molecule has 0 aliphatic heterocycles. The van der Waals surface area contributed by atoms with Gasteiger partial charge in [0.15, 0.2) is 0 Å². The molecule has 0 fully saturated rings. The largest absolute Gasteiger partial charge is 0.328 e. The van der Waals surface area contributed by atoms with Crippen molar-refractivity contribution in [3.05, 3.63) is 32.7 Å². The summed E-state index contributed by atoms with van der Waals surface area (Å²) in [5, 5.41) is 0. The van der Waals surface area contributed by atoms with E-state index in [9.17, 15) is 4.79 Å². The molecule has 0 N–H and O–H groups in total. The first-order valence-corrected chi connectivity index (χ1v) is 8.58. The van der Waals surface area contributed by atoms with Crippen LogP contribution in [0, 0.1) is 5.92 Å². The number of hydrogen-bond acceptors (Lipinski definition) is 1. The molecular weight excluding hydrogens is 384 g/mol. The summed E-state index contributed by atoms with van der Waals surface area (Å²) in [6.45, 7) is 4.46. The third-order valence-electron chi connectivity index (χ3n) is 3.93. The first kappa shape index (κ1) is 15.8. The van der Waals surface area contributed by atoms with Gasteiger partial charge in [0.05, 0.1) is 11.0 Å². The number of hydrogen-bond donors (Lipinski definition) is 0. The van der Waals surface area contributed by atoms with Gasteiger partial charge in [-0.05, 0) is 30.0 Å². The molecule has 3 nitrogen and oxygen atoms in total. The van der Waals surface area contributed by atoms with E-state index in [-0.39, 0.29) is 10.5 Å². The molecule has 0 aliphatic rings. The number of imidazole rings is 1. The first-order valence-electron chi connectivity index (χ1n) is 6.87. The van der Waals surface area contributed by atoms with Gasteiger partial charge in [-0.15, -0.1) is 0 Å². The summed E-state index contributed by atoms with van der Waals surface area (Å²) in [7, 11) is 3.63. The molecule has 1 heterocycles. The third-order valence-corrected chi connectivity index (χ3v) is 6.01. The molecular formula is C15H20Br2N2O. The molecule has 1 aromatic carbocycles. The lowest BCUT2D eigenvalue weighted by molar-refractivity contribution is 0.518. The van der Waals surface area contributed by atoms with Gasteiger partial charge < -0.3 is 0 Å². The predicted molar refractivity (Wildman–Crippen MR) is 91.6 cm³/mol. The highest BCUT2D eigenvalue weighted by atomic mass is 79.9. The number of fused-ring (bicyclic) bond motifs is 1. The average Bonchev–Trinajstić information content (AvgIpc) is 2.62. The van der Waals surface area contributed by atoms with E-state index in [1.54, 1.807) is 9.13 Å². The standard InChI is InChI=1S/C15H20Br2N2O/c1-5-6-9(2)14(17)10-7-12-13(8-11(10)16)19(4)15(20)18(12)3/h7-9,14H,5-6H2,1-4H3. The van der Waals surface area contributed by atoms with Crippen molar-refractivity contribution in [1.29, 1.82) is 0 Å². The Kier molecular flexibility index (Phi) is 4.80.